The lowest BCUT2D eigenvalue weighted by molar-refractivity contribution is 0.412. The first-order chi connectivity index (χ1) is 9.10. The monoisotopic (exact) mass is 256 g/mol. The van der Waals surface area contributed by atoms with E-state index in [1.807, 2.05) is 24.3 Å². The molecule has 100 valence electrons. The molecule has 0 fully saturated rings. The van der Waals surface area contributed by atoms with E-state index >= 15 is 0 Å². The third-order valence-corrected chi connectivity index (χ3v) is 3.08. The van der Waals surface area contributed by atoms with Crippen molar-refractivity contribution in [3.63, 3.8) is 0 Å². The highest BCUT2D eigenvalue weighted by atomic mass is 16.5. The van der Waals surface area contributed by atoms with Crippen molar-refractivity contribution in [2.75, 3.05) is 7.11 Å². The van der Waals surface area contributed by atoms with Crippen LogP contribution in [0.4, 0.5) is 0 Å². The molecule has 2 aromatic rings. The molecular weight excluding hydrogens is 236 g/mol. The molecule has 2 rings (SSSR count). The Labute approximate surface area is 115 Å². The van der Waals surface area contributed by atoms with Crippen LogP contribution in [0.15, 0.2) is 42.5 Å². The van der Waals surface area contributed by atoms with Gasteiger partial charge in [0.1, 0.15) is 17.2 Å². The Morgan fingerprint density at radius 2 is 1.53 bits per heavy atom. The molecule has 0 spiro atoms. The number of benzene rings is 2. The van der Waals surface area contributed by atoms with Gasteiger partial charge in [0, 0.05) is 0 Å². The summed E-state index contributed by atoms with van der Waals surface area (Å²) in [6.45, 7) is 6.42. The van der Waals surface area contributed by atoms with E-state index in [4.69, 9.17) is 9.47 Å². The van der Waals surface area contributed by atoms with Crippen molar-refractivity contribution < 1.29 is 9.47 Å². The van der Waals surface area contributed by atoms with E-state index < -0.39 is 0 Å². The van der Waals surface area contributed by atoms with Crippen LogP contribution in [0.3, 0.4) is 0 Å². The average molecular weight is 256 g/mol. The summed E-state index contributed by atoms with van der Waals surface area (Å²) in [4.78, 5) is 0. The van der Waals surface area contributed by atoms with Gasteiger partial charge in [0.25, 0.3) is 0 Å². The minimum atomic E-state index is 0.439. The lowest BCUT2D eigenvalue weighted by atomic mass is 10.0. The summed E-state index contributed by atoms with van der Waals surface area (Å²) in [5, 5.41) is 0. The van der Waals surface area contributed by atoms with E-state index in [9.17, 15) is 0 Å². The molecule has 19 heavy (non-hydrogen) atoms. The summed E-state index contributed by atoms with van der Waals surface area (Å²) in [5.41, 5.74) is 2.43. The highest BCUT2D eigenvalue weighted by Crippen LogP contribution is 2.32. The van der Waals surface area contributed by atoms with E-state index in [0.29, 0.717) is 5.92 Å². The van der Waals surface area contributed by atoms with Gasteiger partial charge in [-0.3, -0.25) is 0 Å². The predicted octanol–water partition coefficient (Wildman–Crippen LogP) is 4.92. The second-order valence-corrected chi connectivity index (χ2v) is 4.97. The Bertz CT molecular complexity index is 542. The number of aryl methyl sites for hydroxylation is 1. The van der Waals surface area contributed by atoms with Gasteiger partial charge in [-0.25, -0.2) is 0 Å². The van der Waals surface area contributed by atoms with Crippen molar-refractivity contribution in [3.8, 4) is 17.2 Å². The zero-order valence-electron chi connectivity index (χ0n) is 11.9. The maximum atomic E-state index is 6.00. The van der Waals surface area contributed by atoms with E-state index in [-0.39, 0.29) is 0 Å². The van der Waals surface area contributed by atoms with Crippen LogP contribution in [-0.2, 0) is 0 Å². The highest BCUT2D eigenvalue weighted by Gasteiger charge is 2.09. The molecule has 0 saturated heterocycles. The molecule has 0 amide bonds. The van der Waals surface area contributed by atoms with Crippen LogP contribution < -0.4 is 9.47 Å². The molecule has 0 atom stereocenters. The second-order valence-electron chi connectivity index (χ2n) is 4.97. The maximum Gasteiger partial charge on any atom is 0.131 e. The summed E-state index contributed by atoms with van der Waals surface area (Å²) in [5.74, 6) is 3.03. The number of ether oxygens (including phenoxy) is 2. The quantitative estimate of drug-likeness (QED) is 0.773. The van der Waals surface area contributed by atoms with Crippen LogP contribution in [0.1, 0.15) is 30.9 Å². The molecule has 0 aliphatic rings. The van der Waals surface area contributed by atoms with E-state index in [1.165, 1.54) is 11.1 Å². The van der Waals surface area contributed by atoms with Crippen LogP contribution in [-0.4, -0.2) is 7.11 Å². The standard InChI is InChI=1S/C17H20O2/c1-12(2)16-10-5-13(3)11-17(16)19-15-8-6-14(18-4)7-9-15/h5-12H,1-4H3. The van der Waals surface area contributed by atoms with E-state index in [1.54, 1.807) is 7.11 Å². The predicted molar refractivity (Wildman–Crippen MR) is 78.3 cm³/mol. The second kappa shape index (κ2) is 5.79. The molecule has 2 aromatic carbocycles. The first-order valence-electron chi connectivity index (χ1n) is 6.52. The third kappa shape index (κ3) is 3.28. The van der Waals surface area contributed by atoms with Crippen LogP contribution in [0.2, 0.25) is 0 Å². The van der Waals surface area contributed by atoms with Gasteiger partial charge >= 0.3 is 0 Å². The molecule has 0 aliphatic carbocycles. The summed E-state index contributed by atoms with van der Waals surface area (Å²) >= 11 is 0. The zero-order valence-corrected chi connectivity index (χ0v) is 11.9. The van der Waals surface area contributed by atoms with Crippen molar-refractivity contribution in [1.29, 1.82) is 0 Å². The Kier molecular flexibility index (Phi) is 4.10. The number of hydrogen-bond acceptors (Lipinski definition) is 2. The minimum Gasteiger partial charge on any atom is -0.497 e. The zero-order chi connectivity index (χ0) is 13.8. The molecule has 0 N–H and O–H groups in total. The van der Waals surface area contributed by atoms with Crippen molar-refractivity contribution in [3.05, 3.63) is 53.6 Å². The molecule has 2 heteroatoms. The van der Waals surface area contributed by atoms with Gasteiger partial charge in [-0.15, -0.1) is 0 Å². The molecule has 0 unspecified atom stereocenters. The van der Waals surface area contributed by atoms with Crippen LogP contribution in [0.5, 0.6) is 17.2 Å². The molecule has 0 heterocycles. The van der Waals surface area contributed by atoms with Crippen LogP contribution in [0, 0.1) is 6.92 Å². The Morgan fingerprint density at radius 3 is 2.11 bits per heavy atom. The normalized spacial score (nSPS) is 10.6. The average Bonchev–Trinajstić information content (AvgIpc) is 2.39. The largest absolute Gasteiger partial charge is 0.497 e. The number of methoxy groups -OCH3 is 1. The summed E-state index contributed by atoms with van der Waals surface area (Å²) in [7, 11) is 1.66. The van der Waals surface area contributed by atoms with Crippen LogP contribution >= 0.6 is 0 Å². The fourth-order valence-corrected chi connectivity index (χ4v) is 1.98. The van der Waals surface area contributed by atoms with Gasteiger partial charge in [0.2, 0.25) is 0 Å². The molecular formula is C17H20O2. The maximum absolute atomic E-state index is 6.00. The van der Waals surface area contributed by atoms with Crippen molar-refractivity contribution in [2.45, 2.75) is 26.7 Å². The molecule has 0 aromatic heterocycles. The Morgan fingerprint density at radius 1 is 0.895 bits per heavy atom. The van der Waals surface area contributed by atoms with E-state index in [0.717, 1.165) is 17.2 Å². The SMILES string of the molecule is COc1ccc(Oc2cc(C)ccc2C(C)C)cc1. The summed E-state index contributed by atoms with van der Waals surface area (Å²) in [6, 6.07) is 14.0. The van der Waals surface area contributed by atoms with E-state index in [2.05, 4.69) is 39.0 Å². The molecule has 0 radical (unpaired) electrons. The van der Waals surface area contributed by atoms with Gasteiger partial charge in [0.15, 0.2) is 0 Å². The molecule has 2 nitrogen and oxygen atoms in total. The van der Waals surface area contributed by atoms with Gasteiger partial charge in [-0.1, -0.05) is 26.0 Å². The number of hydrogen-bond donors (Lipinski definition) is 0. The van der Waals surface area contributed by atoms with Crippen LogP contribution in [0.25, 0.3) is 0 Å². The van der Waals surface area contributed by atoms with Gasteiger partial charge in [-0.2, -0.15) is 0 Å². The molecule has 0 aliphatic heterocycles. The van der Waals surface area contributed by atoms with Gasteiger partial charge < -0.3 is 9.47 Å². The smallest absolute Gasteiger partial charge is 0.131 e. The minimum absolute atomic E-state index is 0.439. The number of rotatable bonds is 4. The summed E-state index contributed by atoms with van der Waals surface area (Å²) in [6.07, 6.45) is 0. The topological polar surface area (TPSA) is 18.5 Å². The lowest BCUT2D eigenvalue weighted by Gasteiger charge is -2.14. The van der Waals surface area contributed by atoms with Crippen molar-refractivity contribution in [2.24, 2.45) is 0 Å². The summed E-state index contributed by atoms with van der Waals surface area (Å²) < 4.78 is 11.1. The van der Waals surface area contributed by atoms with Gasteiger partial charge in [-0.05, 0) is 54.3 Å². The first kappa shape index (κ1) is 13.5. The molecule has 0 bridgehead atoms. The van der Waals surface area contributed by atoms with Gasteiger partial charge in [0.05, 0.1) is 7.11 Å². The Balaban J connectivity index is 2.28. The fourth-order valence-electron chi connectivity index (χ4n) is 1.98. The fraction of sp³-hybridized carbons (Fsp3) is 0.294. The lowest BCUT2D eigenvalue weighted by Crippen LogP contribution is -1.94. The first-order valence-corrected chi connectivity index (χ1v) is 6.52. The Hall–Kier alpha value is -1.96. The van der Waals surface area contributed by atoms with Crippen molar-refractivity contribution >= 4 is 0 Å². The third-order valence-electron chi connectivity index (χ3n) is 3.08. The van der Waals surface area contributed by atoms with Crippen molar-refractivity contribution in [1.82, 2.24) is 0 Å². The highest BCUT2D eigenvalue weighted by molar-refractivity contribution is 5.43. The molecule has 0 saturated carbocycles.